The van der Waals surface area contributed by atoms with E-state index < -0.39 is 12.8 Å². The van der Waals surface area contributed by atoms with Crippen molar-refractivity contribution in [2.45, 2.75) is 59.2 Å². The molecule has 1 atom stereocenters. The number of carbonyl (C=O) groups excluding carboxylic acids is 1. The second kappa shape index (κ2) is 10.5. The van der Waals surface area contributed by atoms with Crippen LogP contribution in [0.15, 0.2) is 36.5 Å². The molecule has 1 aliphatic carbocycles. The Labute approximate surface area is 175 Å². The van der Waals surface area contributed by atoms with Crippen LogP contribution in [0.3, 0.4) is 0 Å². The maximum absolute atomic E-state index is 12.0. The van der Waals surface area contributed by atoms with Crippen molar-refractivity contribution in [3.8, 4) is 5.88 Å². The van der Waals surface area contributed by atoms with E-state index in [0.717, 1.165) is 5.92 Å². The number of pyridine rings is 1. The Hall–Kier alpha value is -2.57. The molecule has 1 N–H and O–H groups in total. The highest BCUT2D eigenvalue weighted by atomic mass is 19.4. The monoisotopic (exact) mass is 422 g/mol. The summed E-state index contributed by atoms with van der Waals surface area (Å²) in [5.41, 5.74) is 5.30. The van der Waals surface area contributed by atoms with Gasteiger partial charge in [0.1, 0.15) is 0 Å². The Morgan fingerprint density at radius 2 is 2.03 bits per heavy atom. The first kappa shape index (κ1) is 23.7. The third-order valence-electron chi connectivity index (χ3n) is 4.98. The van der Waals surface area contributed by atoms with Crippen LogP contribution in [0.5, 0.6) is 5.88 Å². The SMILES string of the molecule is CC(C)C(=O)NCc1ccnc(OCC(F)(F)F)c1.Cc1cccc2c1CC[C@@H]2C. The zero-order valence-corrected chi connectivity index (χ0v) is 17.8. The van der Waals surface area contributed by atoms with Gasteiger partial charge in [-0.1, -0.05) is 39.0 Å². The van der Waals surface area contributed by atoms with Crippen LogP contribution >= 0.6 is 0 Å². The second-order valence-corrected chi connectivity index (χ2v) is 7.86. The van der Waals surface area contributed by atoms with Crippen molar-refractivity contribution >= 4 is 5.91 Å². The van der Waals surface area contributed by atoms with E-state index in [1.165, 1.54) is 30.7 Å². The number of nitrogens with zero attached hydrogens (tertiary/aromatic N) is 1. The van der Waals surface area contributed by atoms with Gasteiger partial charge < -0.3 is 10.1 Å². The predicted molar refractivity (Wildman–Crippen MR) is 110 cm³/mol. The van der Waals surface area contributed by atoms with Crippen LogP contribution in [0, 0.1) is 12.8 Å². The van der Waals surface area contributed by atoms with Gasteiger partial charge in [0, 0.05) is 24.7 Å². The van der Waals surface area contributed by atoms with Gasteiger partial charge in [-0.2, -0.15) is 13.2 Å². The van der Waals surface area contributed by atoms with Gasteiger partial charge in [0.25, 0.3) is 0 Å². The molecule has 0 radical (unpaired) electrons. The minimum Gasteiger partial charge on any atom is -0.468 e. The average Bonchev–Trinajstić information content (AvgIpc) is 3.07. The lowest BCUT2D eigenvalue weighted by atomic mass is 10.0. The second-order valence-electron chi connectivity index (χ2n) is 7.86. The van der Waals surface area contributed by atoms with Crippen LogP contribution < -0.4 is 10.1 Å². The summed E-state index contributed by atoms with van der Waals surface area (Å²) < 4.78 is 40.4. The number of alkyl halides is 3. The van der Waals surface area contributed by atoms with Crippen LogP contribution in [0.1, 0.15) is 55.4 Å². The molecule has 0 unspecified atom stereocenters. The summed E-state index contributed by atoms with van der Waals surface area (Å²) in [7, 11) is 0. The zero-order chi connectivity index (χ0) is 22.3. The number of fused-ring (bicyclic) bond motifs is 1. The standard InChI is InChI=1S/C12H15F3N2O2.C11H14/c1-8(2)11(18)17-6-9-3-4-16-10(5-9)19-7-12(13,14)15;1-8-4-3-5-10-9(2)6-7-11(8)10/h3-5,8H,6-7H2,1-2H3,(H,17,18);3-5,9H,6-7H2,1-2H3/t;9-/m.0/s1. The Balaban J connectivity index is 0.000000244. The Morgan fingerprint density at radius 3 is 2.67 bits per heavy atom. The lowest BCUT2D eigenvalue weighted by Gasteiger charge is -2.10. The quantitative estimate of drug-likeness (QED) is 0.708. The molecule has 0 saturated heterocycles. The van der Waals surface area contributed by atoms with Crippen LogP contribution in [0.4, 0.5) is 13.2 Å². The Bertz CT molecular complexity index is 851. The number of amides is 1. The molecule has 1 aromatic heterocycles. The lowest BCUT2D eigenvalue weighted by Crippen LogP contribution is -2.27. The van der Waals surface area contributed by atoms with Gasteiger partial charge in [-0.15, -0.1) is 0 Å². The molecule has 4 nitrogen and oxygen atoms in total. The van der Waals surface area contributed by atoms with Crippen LogP contribution in [0.2, 0.25) is 0 Å². The summed E-state index contributed by atoms with van der Waals surface area (Å²) in [6, 6.07) is 9.64. The number of hydrogen-bond acceptors (Lipinski definition) is 3. The van der Waals surface area contributed by atoms with Crippen LogP contribution in [0.25, 0.3) is 0 Å². The van der Waals surface area contributed by atoms with Crippen molar-refractivity contribution in [2.24, 2.45) is 5.92 Å². The lowest BCUT2D eigenvalue weighted by molar-refractivity contribution is -0.154. The van der Waals surface area contributed by atoms with E-state index in [9.17, 15) is 18.0 Å². The first-order valence-corrected chi connectivity index (χ1v) is 10.1. The van der Waals surface area contributed by atoms with Crippen molar-refractivity contribution in [1.82, 2.24) is 10.3 Å². The molecule has 2 aromatic rings. The fourth-order valence-electron chi connectivity index (χ4n) is 3.23. The van der Waals surface area contributed by atoms with Crippen molar-refractivity contribution in [3.63, 3.8) is 0 Å². The van der Waals surface area contributed by atoms with Gasteiger partial charge in [-0.3, -0.25) is 4.79 Å². The number of halogens is 3. The fourth-order valence-corrected chi connectivity index (χ4v) is 3.23. The third kappa shape index (κ3) is 7.35. The van der Waals surface area contributed by atoms with Crippen LogP contribution in [-0.4, -0.2) is 23.7 Å². The van der Waals surface area contributed by atoms with Crippen molar-refractivity contribution in [3.05, 3.63) is 58.8 Å². The smallest absolute Gasteiger partial charge is 0.422 e. The summed E-state index contributed by atoms with van der Waals surface area (Å²) in [6.45, 7) is 6.88. The number of aromatic nitrogens is 1. The molecule has 0 aliphatic heterocycles. The molecular weight excluding hydrogens is 393 g/mol. The maximum atomic E-state index is 12.0. The topological polar surface area (TPSA) is 51.2 Å². The van der Waals surface area contributed by atoms with E-state index in [2.05, 4.69) is 47.1 Å². The minimum atomic E-state index is -4.40. The molecule has 0 spiro atoms. The molecule has 3 rings (SSSR count). The van der Waals surface area contributed by atoms with E-state index in [0.29, 0.717) is 5.56 Å². The van der Waals surface area contributed by atoms with Crippen molar-refractivity contribution in [2.75, 3.05) is 6.61 Å². The van der Waals surface area contributed by atoms with E-state index >= 15 is 0 Å². The molecule has 0 saturated carbocycles. The van der Waals surface area contributed by atoms with Gasteiger partial charge in [0.15, 0.2) is 6.61 Å². The molecule has 7 heteroatoms. The number of carbonyl (C=O) groups is 1. The van der Waals surface area contributed by atoms with Gasteiger partial charge in [0.05, 0.1) is 0 Å². The zero-order valence-electron chi connectivity index (χ0n) is 17.8. The Morgan fingerprint density at radius 1 is 1.30 bits per heavy atom. The summed E-state index contributed by atoms with van der Waals surface area (Å²) in [5, 5.41) is 2.65. The largest absolute Gasteiger partial charge is 0.468 e. The number of nitrogens with one attached hydrogen (secondary N) is 1. The van der Waals surface area contributed by atoms with Gasteiger partial charge >= 0.3 is 6.18 Å². The van der Waals surface area contributed by atoms with Crippen LogP contribution in [-0.2, 0) is 17.8 Å². The predicted octanol–water partition coefficient (Wildman–Crippen LogP) is 5.34. The third-order valence-corrected chi connectivity index (χ3v) is 4.98. The summed E-state index contributed by atoms with van der Waals surface area (Å²) in [6.07, 6.45) is -0.421. The highest BCUT2D eigenvalue weighted by Crippen LogP contribution is 2.33. The normalized spacial score (nSPS) is 15.3. The van der Waals surface area contributed by atoms with Crippen molar-refractivity contribution < 1.29 is 22.7 Å². The first-order valence-electron chi connectivity index (χ1n) is 10.1. The van der Waals surface area contributed by atoms with Gasteiger partial charge in [-0.25, -0.2) is 4.98 Å². The molecule has 164 valence electrons. The summed E-state index contributed by atoms with van der Waals surface area (Å²) in [4.78, 5) is 15.0. The molecule has 1 aliphatic rings. The summed E-state index contributed by atoms with van der Waals surface area (Å²) in [5.74, 6) is 0.399. The molecule has 0 bridgehead atoms. The number of rotatable bonds is 5. The Kier molecular flexibility index (Phi) is 8.26. The van der Waals surface area contributed by atoms with E-state index in [1.54, 1.807) is 31.0 Å². The fraction of sp³-hybridized carbons (Fsp3) is 0.478. The maximum Gasteiger partial charge on any atom is 0.422 e. The number of hydrogen-bond donors (Lipinski definition) is 1. The molecule has 1 amide bonds. The highest BCUT2D eigenvalue weighted by molar-refractivity contribution is 5.77. The number of aryl methyl sites for hydroxylation is 1. The van der Waals surface area contributed by atoms with E-state index in [1.807, 2.05) is 0 Å². The van der Waals surface area contributed by atoms with Gasteiger partial charge in [0.2, 0.25) is 11.8 Å². The number of ether oxygens (including phenoxy) is 1. The van der Waals surface area contributed by atoms with Gasteiger partial charge in [-0.05, 0) is 54.0 Å². The van der Waals surface area contributed by atoms with E-state index in [4.69, 9.17) is 0 Å². The van der Waals surface area contributed by atoms with Crippen molar-refractivity contribution in [1.29, 1.82) is 0 Å². The molecule has 1 heterocycles. The summed E-state index contributed by atoms with van der Waals surface area (Å²) >= 11 is 0. The number of benzene rings is 1. The highest BCUT2D eigenvalue weighted by Gasteiger charge is 2.28. The van der Waals surface area contributed by atoms with E-state index in [-0.39, 0.29) is 24.2 Å². The average molecular weight is 422 g/mol. The molecule has 1 aromatic carbocycles. The minimum absolute atomic E-state index is 0.117. The molecular formula is C23H29F3N2O2. The first-order chi connectivity index (χ1) is 14.1. The molecule has 30 heavy (non-hydrogen) atoms. The molecule has 0 fully saturated rings.